The molecule has 7 nitrogen and oxygen atoms in total. The molecule has 0 bridgehead atoms. The van der Waals surface area contributed by atoms with Gasteiger partial charge in [0.1, 0.15) is 6.04 Å². The second-order valence-electron chi connectivity index (χ2n) is 4.47. The first-order valence-corrected chi connectivity index (χ1v) is 7.66. The predicted molar refractivity (Wildman–Crippen MR) is 65.1 cm³/mol. The Morgan fingerprint density at radius 1 is 1.28 bits per heavy atom. The fraction of sp³-hybridized carbons (Fsp3) is 0.900. The maximum absolute atomic E-state index is 12.1. The third kappa shape index (κ3) is 3.41. The molecule has 2 rings (SSSR count). The highest BCUT2D eigenvalue weighted by Crippen LogP contribution is 2.09. The summed E-state index contributed by atoms with van der Waals surface area (Å²) in [5.41, 5.74) is 0. The van der Waals surface area contributed by atoms with Gasteiger partial charge in [-0.05, 0) is 19.3 Å². The maximum Gasteiger partial charge on any atom is 0.280 e. The highest BCUT2D eigenvalue weighted by Gasteiger charge is 2.30. The molecule has 104 valence electrons. The van der Waals surface area contributed by atoms with Crippen LogP contribution in [0.3, 0.4) is 0 Å². The number of nitrogens with one attached hydrogen (secondary N) is 2. The normalized spacial score (nSPS) is 27.6. The molecule has 0 aliphatic carbocycles. The zero-order valence-corrected chi connectivity index (χ0v) is 11.0. The Labute approximate surface area is 107 Å². The lowest BCUT2D eigenvalue weighted by molar-refractivity contribution is -0.122. The largest absolute Gasteiger partial charge is 0.379 e. The van der Waals surface area contributed by atoms with Crippen molar-refractivity contribution < 1.29 is 17.9 Å². The summed E-state index contributed by atoms with van der Waals surface area (Å²) in [7, 11) is -3.59. The molecule has 2 aliphatic rings. The molecule has 2 aliphatic heterocycles. The van der Waals surface area contributed by atoms with E-state index < -0.39 is 16.3 Å². The van der Waals surface area contributed by atoms with Crippen LogP contribution in [0.5, 0.6) is 0 Å². The third-order valence-corrected chi connectivity index (χ3v) is 4.76. The summed E-state index contributed by atoms with van der Waals surface area (Å²) in [6.07, 6.45) is 2.28. The molecule has 0 saturated carbocycles. The highest BCUT2D eigenvalue weighted by molar-refractivity contribution is 7.87. The molecule has 0 aromatic carbocycles. The first kappa shape index (κ1) is 13.7. The van der Waals surface area contributed by atoms with Gasteiger partial charge in [-0.1, -0.05) is 0 Å². The number of amides is 1. The molecule has 0 spiro atoms. The molecule has 1 amide bonds. The Morgan fingerprint density at radius 3 is 2.72 bits per heavy atom. The lowest BCUT2D eigenvalue weighted by atomic mass is 10.1. The minimum absolute atomic E-state index is 0.232. The van der Waals surface area contributed by atoms with Crippen molar-refractivity contribution in [3.05, 3.63) is 0 Å². The molecule has 18 heavy (non-hydrogen) atoms. The van der Waals surface area contributed by atoms with Crippen molar-refractivity contribution in [3.63, 3.8) is 0 Å². The molecule has 0 aromatic rings. The van der Waals surface area contributed by atoms with Gasteiger partial charge in [0.15, 0.2) is 0 Å². The van der Waals surface area contributed by atoms with Gasteiger partial charge in [0.05, 0.1) is 13.2 Å². The van der Waals surface area contributed by atoms with Crippen LogP contribution in [0, 0.1) is 0 Å². The second kappa shape index (κ2) is 5.96. The Kier molecular flexibility index (Phi) is 4.55. The molecule has 2 saturated heterocycles. The second-order valence-corrected chi connectivity index (χ2v) is 6.18. The molecule has 2 N–H and O–H groups in total. The zero-order valence-electron chi connectivity index (χ0n) is 10.2. The van der Waals surface area contributed by atoms with E-state index in [9.17, 15) is 13.2 Å². The minimum Gasteiger partial charge on any atom is -0.379 e. The SMILES string of the molecule is O=C1NCCCC[C@@H]1NS(=O)(=O)N1CCOCC1. The van der Waals surface area contributed by atoms with Crippen LogP contribution < -0.4 is 10.0 Å². The van der Waals surface area contributed by atoms with E-state index >= 15 is 0 Å². The Bertz CT molecular complexity index is 392. The van der Waals surface area contributed by atoms with Crippen LogP contribution in [-0.4, -0.2) is 57.5 Å². The summed E-state index contributed by atoms with van der Waals surface area (Å²) in [4.78, 5) is 11.7. The van der Waals surface area contributed by atoms with Crippen LogP contribution in [0.2, 0.25) is 0 Å². The van der Waals surface area contributed by atoms with Crippen molar-refractivity contribution in [2.45, 2.75) is 25.3 Å². The van der Waals surface area contributed by atoms with Gasteiger partial charge in [0.2, 0.25) is 5.91 Å². The molecule has 0 radical (unpaired) electrons. The molecule has 2 heterocycles. The van der Waals surface area contributed by atoms with E-state index in [1.165, 1.54) is 4.31 Å². The molecule has 0 unspecified atom stereocenters. The number of hydrogen-bond donors (Lipinski definition) is 2. The number of morpholine rings is 1. The van der Waals surface area contributed by atoms with Crippen molar-refractivity contribution >= 4 is 16.1 Å². The van der Waals surface area contributed by atoms with Crippen molar-refractivity contribution in [1.29, 1.82) is 0 Å². The number of nitrogens with zero attached hydrogens (tertiary/aromatic N) is 1. The molecule has 2 fully saturated rings. The summed E-state index contributed by atoms with van der Waals surface area (Å²) in [6.45, 7) is 2.09. The average Bonchev–Trinajstić information content (AvgIpc) is 2.56. The van der Waals surface area contributed by atoms with E-state index in [-0.39, 0.29) is 5.91 Å². The smallest absolute Gasteiger partial charge is 0.280 e. The standard InChI is InChI=1S/C10H19N3O4S/c14-10-9(3-1-2-4-11-10)12-18(15,16)13-5-7-17-8-6-13/h9,12H,1-8H2,(H,11,14)/t9-/m0/s1. The van der Waals surface area contributed by atoms with Crippen molar-refractivity contribution in [3.8, 4) is 0 Å². The third-order valence-electron chi connectivity index (χ3n) is 3.14. The Balaban J connectivity index is 1.99. The van der Waals surface area contributed by atoms with Gasteiger partial charge in [-0.3, -0.25) is 4.79 Å². The molecule has 0 aromatic heterocycles. The van der Waals surface area contributed by atoms with Crippen LogP contribution in [-0.2, 0) is 19.7 Å². The maximum atomic E-state index is 12.1. The molecule has 1 atom stereocenters. The van der Waals surface area contributed by atoms with E-state index in [4.69, 9.17) is 4.74 Å². The van der Waals surface area contributed by atoms with Crippen molar-refractivity contribution in [2.24, 2.45) is 0 Å². The summed E-state index contributed by atoms with van der Waals surface area (Å²) in [5, 5.41) is 2.71. The fourth-order valence-corrected chi connectivity index (χ4v) is 3.46. The summed E-state index contributed by atoms with van der Waals surface area (Å²) in [6, 6.07) is -0.652. The monoisotopic (exact) mass is 277 g/mol. The van der Waals surface area contributed by atoms with Gasteiger partial charge in [-0.15, -0.1) is 0 Å². The number of hydrogen-bond acceptors (Lipinski definition) is 4. The van der Waals surface area contributed by atoms with Crippen molar-refractivity contribution in [1.82, 2.24) is 14.3 Å². The van der Waals surface area contributed by atoms with Crippen LogP contribution in [0.15, 0.2) is 0 Å². The predicted octanol–water partition coefficient (Wildman–Crippen LogP) is -1.18. The summed E-state index contributed by atoms with van der Waals surface area (Å²) in [5.74, 6) is -0.232. The zero-order chi connectivity index (χ0) is 13.0. The van der Waals surface area contributed by atoms with E-state index in [0.717, 1.165) is 12.8 Å². The van der Waals surface area contributed by atoms with Gasteiger partial charge in [-0.2, -0.15) is 17.4 Å². The van der Waals surface area contributed by atoms with E-state index in [0.29, 0.717) is 39.3 Å². The van der Waals surface area contributed by atoms with Crippen LogP contribution >= 0.6 is 0 Å². The van der Waals surface area contributed by atoms with Crippen molar-refractivity contribution in [2.75, 3.05) is 32.8 Å². The number of carbonyl (C=O) groups excluding carboxylic acids is 1. The molecular weight excluding hydrogens is 258 g/mol. The van der Waals surface area contributed by atoms with Crippen LogP contribution in [0.1, 0.15) is 19.3 Å². The summed E-state index contributed by atoms with van der Waals surface area (Å²) >= 11 is 0. The molecular formula is C10H19N3O4S. The van der Waals surface area contributed by atoms with E-state index in [2.05, 4.69) is 10.0 Å². The topological polar surface area (TPSA) is 87.7 Å². The minimum atomic E-state index is -3.59. The number of rotatable bonds is 3. The van der Waals surface area contributed by atoms with Gasteiger partial charge in [-0.25, -0.2) is 0 Å². The van der Waals surface area contributed by atoms with Gasteiger partial charge >= 0.3 is 0 Å². The van der Waals surface area contributed by atoms with Gasteiger partial charge < -0.3 is 10.1 Å². The van der Waals surface area contributed by atoms with Gasteiger partial charge in [0, 0.05) is 19.6 Å². The lowest BCUT2D eigenvalue weighted by Crippen LogP contribution is -2.53. The average molecular weight is 277 g/mol. The summed E-state index contributed by atoms with van der Waals surface area (Å²) < 4.78 is 33.1. The lowest BCUT2D eigenvalue weighted by Gasteiger charge is -2.27. The molecule has 8 heteroatoms. The number of ether oxygens (including phenoxy) is 1. The highest BCUT2D eigenvalue weighted by atomic mass is 32.2. The first-order valence-electron chi connectivity index (χ1n) is 6.22. The van der Waals surface area contributed by atoms with Gasteiger partial charge in [0.25, 0.3) is 10.2 Å². The first-order chi connectivity index (χ1) is 8.59. The number of carbonyl (C=O) groups is 1. The van der Waals surface area contributed by atoms with Crippen LogP contribution in [0.25, 0.3) is 0 Å². The quantitative estimate of drug-likeness (QED) is 0.680. The van der Waals surface area contributed by atoms with Crippen LogP contribution in [0.4, 0.5) is 0 Å². The Morgan fingerprint density at radius 2 is 2.00 bits per heavy atom. The van der Waals surface area contributed by atoms with E-state index in [1.54, 1.807) is 0 Å². The fourth-order valence-electron chi connectivity index (χ4n) is 2.09. The van der Waals surface area contributed by atoms with E-state index in [1.807, 2.05) is 0 Å². The Hall–Kier alpha value is -0.700.